The van der Waals surface area contributed by atoms with E-state index in [9.17, 15) is 4.79 Å². The van der Waals surface area contributed by atoms with Crippen LogP contribution in [0.2, 0.25) is 0 Å². The molecule has 1 amide bonds. The standard InChI is InChI=1S/C31H47N3O3/c1-6-9-10-11-14-24-21-23(4)33-31(36-5)28(24)22-32-30(35)27-15-12-16-29(26(27)13-7-2)34(8-3)25-17-19-37-20-18-25/h12,15-16,21,25H,6-11,13-14,17-20,22H2,1-5H3,(H,32,35). The normalized spacial score (nSPS) is 14.0. The van der Waals surface area contributed by atoms with E-state index in [1.165, 1.54) is 30.5 Å². The highest BCUT2D eigenvalue weighted by atomic mass is 16.5. The molecule has 0 saturated carbocycles. The van der Waals surface area contributed by atoms with E-state index in [2.05, 4.69) is 48.1 Å². The Morgan fingerprint density at radius 3 is 2.54 bits per heavy atom. The Morgan fingerprint density at radius 2 is 1.86 bits per heavy atom. The number of nitrogens with zero attached hydrogens (tertiary/aromatic N) is 2. The van der Waals surface area contributed by atoms with Crippen LogP contribution in [0.5, 0.6) is 5.88 Å². The van der Waals surface area contributed by atoms with E-state index in [1.54, 1.807) is 7.11 Å². The lowest BCUT2D eigenvalue weighted by Gasteiger charge is -2.37. The quantitative estimate of drug-likeness (QED) is 0.298. The minimum atomic E-state index is -0.0344. The van der Waals surface area contributed by atoms with Crippen LogP contribution in [0.3, 0.4) is 0 Å². The van der Waals surface area contributed by atoms with Crippen molar-refractivity contribution in [3.8, 4) is 5.88 Å². The van der Waals surface area contributed by atoms with Gasteiger partial charge >= 0.3 is 0 Å². The molecule has 1 fully saturated rings. The van der Waals surface area contributed by atoms with E-state index < -0.39 is 0 Å². The molecule has 204 valence electrons. The first kappa shape index (κ1) is 29.0. The molecule has 0 bridgehead atoms. The van der Waals surface area contributed by atoms with Gasteiger partial charge in [-0.3, -0.25) is 4.79 Å². The highest BCUT2D eigenvalue weighted by molar-refractivity contribution is 5.97. The first-order valence-corrected chi connectivity index (χ1v) is 14.3. The molecule has 0 unspecified atom stereocenters. The van der Waals surface area contributed by atoms with Gasteiger partial charge < -0.3 is 19.7 Å². The second kappa shape index (κ2) is 15.0. The number of ether oxygens (including phenoxy) is 2. The molecule has 37 heavy (non-hydrogen) atoms. The number of pyridine rings is 1. The third kappa shape index (κ3) is 7.70. The number of aromatic nitrogens is 1. The van der Waals surface area contributed by atoms with Crippen LogP contribution in [0.1, 0.15) is 98.5 Å². The minimum Gasteiger partial charge on any atom is -0.481 e. The van der Waals surface area contributed by atoms with Crippen LogP contribution in [-0.2, 0) is 24.1 Å². The third-order valence-corrected chi connectivity index (χ3v) is 7.40. The molecule has 3 rings (SSSR count). The maximum absolute atomic E-state index is 13.6. The molecule has 2 heterocycles. The maximum atomic E-state index is 13.6. The zero-order chi connectivity index (χ0) is 26.6. The first-order chi connectivity index (χ1) is 18.0. The van der Waals surface area contributed by atoms with Crippen LogP contribution in [0.4, 0.5) is 5.69 Å². The molecule has 1 aromatic heterocycles. The van der Waals surface area contributed by atoms with Crippen LogP contribution in [-0.4, -0.2) is 43.8 Å². The lowest BCUT2D eigenvalue weighted by molar-refractivity contribution is 0.0845. The summed E-state index contributed by atoms with van der Waals surface area (Å²) in [4.78, 5) is 20.7. The zero-order valence-corrected chi connectivity index (χ0v) is 23.7. The number of nitrogens with one attached hydrogen (secondary N) is 1. The molecular formula is C31H47N3O3. The number of anilines is 1. The Labute approximate surface area is 224 Å². The zero-order valence-electron chi connectivity index (χ0n) is 23.7. The minimum absolute atomic E-state index is 0.0344. The predicted molar refractivity (Wildman–Crippen MR) is 152 cm³/mol. The third-order valence-electron chi connectivity index (χ3n) is 7.40. The van der Waals surface area contributed by atoms with Crippen molar-refractivity contribution in [2.24, 2.45) is 0 Å². The molecular weight excluding hydrogens is 462 g/mol. The average molecular weight is 510 g/mol. The van der Waals surface area contributed by atoms with Crippen LogP contribution in [0.15, 0.2) is 24.3 Å². The largest absolute Gasteiger partial charge is 0.481 e. The van der Waals surface area contributed by atoms with Crippen molar-refractivity contribution in [3.63, 3.8) is 0 Å². The molecule has 1 aliphatic heterocycles. The summed E-state index contributed by atoms with van der Waals surface area (Å²) in [7, 11) is 1.66. The van der Waals surface area contributed by atoms with Gasteiger partial charge in [-0.25, -0.2) is 4.98 Å². The Hall–Kier alpha value is -2.60. The van der Waals surface area contributed by atoms with Crippen molar-refractivity contribution in [2.75, 3.05) is 31.8 Å². The Kier molecular flexibility index (Phi) is 11.7. The van der Waals surface area contributed by atoms with Gasteiger partial charge in [-0.05, 0) is 75.3 Å². The number of carbonyl (C=O) groups is 1. The molecule has 1 saturated heterocycles. The first-order valence-electron chi connectivity index (χ1n) is 14.3. The number of carbonyl (C=O) groups excluding carboxylic acids is 1. The Bertz CT molecular complexity index is 1000. The number of aryl methyl sites for hydroxylation is 2. The highest BCUT2D eigenvalue weighted by Gasteiger charge is 2.25. The molecule has 1 aromatic carbocycles. The second-order valence-electron chi connectivity index (χ2n) is 10.1. The van der Waals surface area contributed by atoms with Gasteiger partial charge in [0.2, 0.25) is 5.88 Å². The molecule has 6 heteroatoms. The summed E-state index contributed by atoms with van der Waals surface area (Å²) in [5.41, 5.74) is 6.26. The van der Waals surface area contributed by atoms with Gasteiger partial charge in [0.05, 0.1) is 7.11 Å². The van der Waals surface area contributed by atoms with E-state index in [-0.39, 0.29) is 5.91 Å². The number of hydrogen-bond acceptors (Lipinski definition) is 5. The maximum Gasteiger partial charge on any atom is 0.251 e. The summed E-state index contributed by atoms with van der Waals surface area (Å²) in [6.45, 7) is 11.5. The fraction of sp³-hybridized carbons (Fsp3) is 0.613. The monoisotopic (exact) mass is 509 g/mol. The summed E-state index contributed by atoms with van der Waals surface area (Å²) in [6, 6.07) is 8.77. The van der Waals surface area contributed by atoms with E-state index in [1.807, 2.05) is 19.1 Å². The number of methoxy groups -OCH3 is 1. The fourth-order valence-electron chi connectivity index (χ4n) is 5.51. The van der Waals surface area contributed by atoms with Crippen LogP contribution in [0, 0.1) is 6.92 Å². The van der Waals surface area contributed by atoms with Gasteiger partial charge in [-0.1, -0.05) is 45.6 Å². The smallest absolute Gasteiger partial charge is 0.251 e. The summed E-state index contributed by atoms with van der Waals surface area (Å²) in [5, 5.41) is 3.22. The molecule has 6 nitrogen and oxygen atoms in total. The van der Waals surface area contributed by atoms with E-state index in [0.717, 1.165) is 80.7 Å². The summed E-state index contributed by atoms with van der Waals surface area (Å²) < 4.78 is 11.3. The van der Waals surface area contributed by atoms with Crippen molar-refractivity contribution in [3.05, 3.63) is 52.2 Å². The number of unbranched alkanes of at least 4 members (excludes halogenated alkanes) is 3. The van der Waals surface area contributed by atoms with Gasteiger partial charge in [-0.15, -0.1) is 0 Å². The molecule has 1 aliphatic rings. The molecule has 0 spiro atoms. The van der Waals surface area contributed by atoms with E-state index in [4.69, 9.17) is 9.47 Å². The molecule has 0 aliphatic carbocycles. The number of benzene rings is 1. The van der Waals surface area contributed by atoms with Crippen molar-refractivity contribution in [2.45, 2.75) is 98.1 Å². The lowest BCUT2D eigenvalue weighted by atomic mass is 9.97. The van der Waals surface area contributed by atoms with E-state index in [0.29, 0.717) is 18.5 Å². The van der Waals surface area contributed by atoms with Gasteiger partial charge in [0, 0.05) is 54.9 Å². The molecule has 0 atom stereocenters. The molecule has 2 aromatic rings. The average Bonchev–Trinajstić information content (AvgIpc) is 2.92. The van der Waals surface area contributed by atoms with Gasteiger partial charge in [0.25, 0.3) is 5.91 Å². The predicted octanol–water partition coefficient (Wildman–Crippen LogP) is 6.41. The second-order valence-corrected chi connectivity index (χ2v) is 10.1. The SMILES string of the molecule is CCCCCCc1cc(C)nc(OC)c1CNC(=O)c1cccc(N(CC)C2CCOCC2)c1CCC. The van der Waals surface area contributed by atoms with Crippen LogP contribution >= 0.6 is 0 Å². The van der Waals surface area contributed by atoms with Crippen LogP contribution in [0.25, 0.3) is 0 Å². The molecule has 0 radical (unpaired) electrons. The van der Waals surface area contributed by atoms with E-state index >= 15 is 0 Å². The lowest BCUT2D eigenvalue weighted by Crippen LogP contribution is -2.40. The van der Waals surface area contributed by atoms with Gasteiger partial charge in [0.15, 0.2) is 0 Å². The Balaban J connectivity index is 1.84. The topological polar surface area (TPSA) is 63.7 Å². The fourth-order valence-corrected chi connectivity index (χ4v) is 5.51. The number of hydrogen-bond donors (Lipinski definition) is 1. The van der Waals surface area contributed by atoms with Crippen molar-refractivity contribution >= 4 is 11.6 Å². The summed E-state index contributed by atoms with van der Waals surface area (Å²) >= 11 is 0. The van der Waals surface area contributed by atoms with Crippen molar-refractivity contribution < 1.29 is 14.3 Å². The number of rotatable bonds is 14. The summed E-state index contributed by atoms with van der Waals surface area (Å²) in [5.74, 6) is 0.581. The van der Waals surface area contributed by atoms with Gasteiger partial charge in [0.1, 0.15) is 0 Å². The number of amides is 1. The van der Waals surface area contributed by atoms with Gasteiger partial charge in [-0.2, -0.15) is 0 Å². The van der Waals surface area contributed by atoms with Crippen molar-refractivity contribution in [1.82, 2.24) is 10.3 Å². The van der Waals surface area contributed by atoms with Crippen LogP contribution < -0.4 is 15.0 Å². The summed E-state index contributed by atoms with van der Waals surface area (Å²) in [6.07, 6.45) is 9.67. The van der Waals surface area contributed by atoms with Crippen molar-refractivity contribution in [1.29, 1.82) is 0 Å². The highest BCUT2D eigenvalue weighted by Crippen LogP contribution is 2.30. The molecule has 1 N–H and O–H groups in total. The Morgan fingerprint density at radius 1 is 1.08 bits per heavy atom.